The molecule has 0 heterocycles. The van der Waals surface area contributed by atoms with Gasteiger partial charge in [-0.3, -0.25) is 0 Å². The molecule has 0 saturated heterocycles. The number of carbonyl (C=O) groups excluding carboxylic acids is 2. The van der Waals surface area contributed by atoms with E-state index in [0.29, 0.717) is 0 Å². The number of hydrogen-bond acceptors (Lipinski definition) is 7. The van der Waals surface area contributed by atoms with Gasteiger partial charge in [0.1, 0.15) is 0 Å². The van der Waals surface area contributed by atoms with Crippen LogP contribution < -0.4 is 10.2 Å². The first-order chi connectivity index (χ1) is 5.20. The molecular formula is C4H13BO9Zn. The Bertz CT molecular complexity index is 107. The molecule has 0 unspecified atom stereocenters. The number of rotatable bonds is 0. The minimum atomic E-state index is -2.17. The summed E-state index contributed by atoms with van der Waals surface area (Å²) in [7, 11) is -2.17. The monoisotopic (exact) mass is 280 g/mol. The molecule has 0 saturated carbocycles. The zero-order valence-corrected chi connectivity index (χ0v) is 11.2. The average Bonchev–Trinajstić information content (AvgIpc) is 1.54. The molecule has 0 aromatic rings. The van der Waals surface area contributed by atoms with Crippen molar-refractivity contribution in [2.45, 2.75) is 13.8 Å². The van der Waals surface area contributed by atoms with Crippen molar-refractivity contribution < 1.29 is 65.3 Å². The number of carboxylic acid groups (broad SMARTS) is 2. The van der Waals surface area contributed by atoms with Crippen molar-refractivity contribution in [2.75, 3.05) is 0 Å². The maximum atomic E-state index is 8.89. The molecule has 9 nitrogen and oxygen atoms in total. The minimum absolute atomic E-state index is 0. The molecule has 7 N–H and O–H groups in total. The second kappa shape index (κ2) is 29.2. The summed E-state index contributed by atoms with van der Waals surface area (Å²) in [4.78, 5) is 17.8. The van der Waals surface area contributed by atoms with Crippen LogP contribution in [0.3, 0.4) is 0 Å². The van der Waals surface area contributed by atoms with Crippen LogP contribution >= 0.6 is 0 Å². The Balaban J connectivity index is -0.0000000184. The average molecular weight is 281 g/mol. The summed E-state index contributed by atoms with van der Waals surface area (Å²) in [5.74, 6) is -2.17. The van der Waals surface area contributed by atoms with Gasteiger partial charge in [-0.15, -0.1) is 0 Å². The van der Waals surface area contributed by atoms with E-state index in [1.807, 2.05) is 0 Å². The molecule has 0 spiro atoms. The zero-order chi connectivity index (χ0) is 10.7. The van der Waals surface area contributed by atoms with Crippen molar-refractivity contribution in [3.05, 3.63) is 0 Å². The van der Waals surface area contributed by atoms with Crippen LogP contribution in [0.25, 0.3) is 0 Å². The predicted molar refractivity (Wildman–Crippen MR) is 41.0 cm³/mol. The Morgan fingerprint density at radius 1 is 0.933 bits per heavy atom. The van der Waals surface area contributed by atoms with Gasteiger partial charge in [-0.25, -0.2) is 0 Å². The van der Waals surface area contributed by atoms with Crippen molar-refractivity contribution >= 4 is 19.3 Å². The van der Waals surface area contributed by atoms with Crippen molar-refractivity contribution in [3.8, 4) is 0 Å². The number of hydrogen-bond donors (Lipinski definition) is 3. The molecule has 0 aliphatic carbocycles. The number of aliphatic carboxylic acids is 2. The molecular weight excluding hydrogens is 268 g/mol. The van der Waals surface area contributed by atoms with Crippen LogP contribution in [-0.4, -0.2) is 45.3 Å². The fourth-order valence-electron chi connectivity index (χ4n) is 0. The van der Waals surface area contributed by atoms with Crippen molar-refractivity contribution in [3.63, 3.8) is 0 Å². The van der Waals surface area contributed by atoms with E-state index in [1.54, 1.807) is 0 Å². The molecule has 0 amide bonds. The van der Waals surface area contributed by atoms with E-state index in [-0.39, 0.29) is 30.4 Å². The summed E-state index contributed by atoms with van der Waals surface area (Å²) >= 11 is 0. The number of carbonyl (C=O) groups is 2. The standard InChI is InChI=1S/2C2H4O2.BH3O3.2H2O.Zn/c2*1-2(3)4;2-1(3)4;;;/h2*1H3,(H,3,4);2-4H;2*1H2;/q;;;;;+2/p-2. The second-order valence-electron chi connectivity index (χ2n) is 1.33. The van der Waals surface area contributed by atoms with E-state index >= 15 is 0 Å². The van der Waals surface area contributed by atoms with Gasteiger partial charge < -0.3 is 45.8 Å². The Morgan fingerprint density at radius 2 is 0.933 bits per heavy atom. The van der Waals surface area contributed by atoms with Gasteiger partial charge in [0, 0.05) is 11.9 Å². The zero-order valence-electron chi connectivity index (χ0n) is 8.26. The van der Waals surface area contributed by atoms with Gasteiger partial charge in [0.15, 0.2) is 0 Å². The van der Waals surface area contributed by atoms with Crippen LogP contribution in [0.4, 0.5) is 0 Å². The number of carboxylic acids is 2. The Morgan fingerprint density at radius 3 is 0.933 bits per heavy atom. The molecule has 0 radical (unpaired) electrons. The van der Waals surface area contributed by atoms with Gasteiger partial charge in [-0.05, 0) is 13.8 Å². The molecule has 0 aromatic carbocycles. The molecule has 0 bridgehead atoms. The van der Waals surface area contributed by atoms with Crippen LogP contribution in [-0.2, 0) is 29.1 Å². The summed E-state index contributed by atoms with van der Waals surface area (Å²) in [6.45, 7) is 1.94. The largest absolute Gasteiger partial charge is 2.00 e. The predicted octanol–water partition coefficient (Wildman–Crippen LogP) is -6.19. The molecule has 0 rings (SSSR count). The third kappa shape index (κ3) is 5370. The molecule has 11 heteroatoms. The molecule has 15 heavy (non-hydrogen) atoms. The third-order valence-electron chi connectivity index (χ3n) is 0. The molecule has 0 aliphatic heterocycles. The normalized spacial score (nSPS) is 5.13. The Kier molecular flexibility index (Phi) is 71.3. The third-order valence-corrected chi connectivity index (χ3v) is 0. The second-order valence-corrected chi connectivity index (χ2v) is 1.33. The fraction of sp³-hybridized carbons (Fsp3) is 0.500. The van der Waals surface area contributed by atoms with Gasteiger partial charge >= 0.3 is 26.8 Å². The summed E-state index contributed by atoms with van der Waals surface area (Å²) in [5, 5.41) is 39.3. The fourth-order valence-corrected chi connectivity index (χ4v) is 0. The Labute approximate surface area is 98.9 Å². The molecule has 0 aromatic heterocycles. The van der Waals surface area contributed by atoms with E-state index in [2.05, 4.69) is 0 Å². The first kappa shape index (κ1) is 36.6. The van der Waals surface area contributed by atoms with E-state index in [0.717, 1.165) is 13.8 Å². The van der Waals surface area contributed by atoms with E-state index in [4.69, 9.17) is 34.9 Å². The summed E-state index contributed by atoms with van der Waals surface area (Å²) < 4.78 is 0. The quantitative estimate of drug-likeness (QED) is 0.366. The topological polar surface area (TPSA) is 204 Å². The first-order valence-electron chi connectivity index (χ1n) is 2.59. The first-order valence-corrected chi connectivity index (χ1v) is 2.59. The maximum absolute atomic E-state index is 8.89. The smallest absolute Gasteiger partial charge is 0.550 e. The Hall–Kier alpha value is -0.572. The molecule has 0 aliphatic rings. The van der Waals surface area contributed by atoms with E-state index in [1.165, 1.54) is 0 Å². The van der Waals surface area contributed by atoms with E-state index < -0.39 is 19.3 Å². The van der Waals surface area contributed by atoms with Crippen molar-refractivity contribution in [1.82, 2.24) is 0 Å². The van der Waals surface area contributed by atoms with Gasteiger partial charge in [0.05, 0.1) is 0 Å². The van der Waals surface area contributed by atoms with Crippen LogP contribution in [0.15, 0.2) is 0 Å². The van der Waals surface area contributed by atoms with E-state index in [9.17, 15) is 0 Å². The van der Waals surface area contributed by atoms with Crippen LogP contribution in [0, 0.1) is 0 Å². The van der Waals surface area contributed by atoms with Crippen molar-refractivity contribution in [1.29, 1.82) is 0 Å². The van der Waals surface area contributed by atoms with Crippen LogP contribution in [0.2, 0.25) is 0 Å². The molecule has 0 fully saturated rings. The minimum Gasteiger partial charge on any atom is -0.550 e. The summed E-state index contributed by atoms with van der Waals surface area (Å²) in [5.41, 5.74) is 0. The van der Waals surface area contributed by atoms with Crippen molar-refractivity contribution in [2.24, 2.45) is 0 Å². The summed E-state index contributed by atoms with van der Waals surface area (Å²) in [6.07, 6.45) is 0. The molecule has 88 valence electrons. The van der Waals surface area contributed by atoms with Crippen LogP contribution in [0.1, 0.15) is 13.8 Å². The van der Waals surface area contributed by atoms with Gasteiger partial charge in [-0.1, -0.05) is 0 Å². The van der Waals surface area contributed by atoms with Crippen LogP contribution in [0.5, 0.6) is 0 Å². The summed E-state index contributed by atoms with van der Waals surface area (Å²) in [6, 6.07) is 0. The SMILES string of the molecule is CC(=O)[O-].CC(=O)[O-].O.O.OB(O)O.[Zn+2]. The van der Waals surface area contributed by atoms with Gasteiger partial charge in [0.25, 0.3) is 0 Å². The maximum Gasteiger partial charge on any atom is 2.00 e. The van der Waals surface area contributed by atoms with Gasteiger partial charge in [-0.2, -0.15) is 0 Å². The van der Waals surface area contributed by atoms with Gasteiger partial charge in [0.2, 0.25) is 0 Å². The molecule has 0 atom stereocenters.